The van der Waals surface area contributed by atoms with Crippen LogP contribution < -0.4 is 10.3 Å². The third-order valence-corrected chi connectivity index (χ3v) is 4.09. The fraction of sp³-hybridized carbons (Fsp3) is 0.222. The van der Waals surface area contributed by atoms with Gasteiger partial charge in [0.15, 0.2) is 0 Å². The van der Waals surface area contributed by atoms with Crippen LogP contribution >= 0.6 is 11.6 Å². The van der Waals surface area contributed by atoms with Gasteiger partial charge in [0.05, 0.1) is 17.2 Å². The number of hydrogen-bond acceptors (Lipinski definition) is 3. The lowest BCUT2D eigenvalue weighted by Gasteiger charge is -2.13. The molecule has 0 N–H and O–H groups in total. The molecule has 0 saturated heterocycles. The van der Waals surface area contributed by atoms with Gasteiger partial charge >= 0.3 is 0 Å². The molecule has 1 atom stereocenters. The van der Waals surface area contributed by atoms with Gasteiger partial charge in [0, 0.05) is 11.1 Å². The van der Waals surface area contributed by atoms with Gasteiger partial charge in [-0.25, -0.2) is 4.98 Å². The van der Waals surface area contributed by atoms with Crippen LogP contribution in [0.2, 0.25) is 5.02 Å². The molecule has 0 radical (unpaired) electrons. The van der Waals surface area contributed by atoms with Crippen LogP contribution in [0.3, 0.4) is 0 Å². The Kier molecular flexibility index (Phi) is 4.35. The van der Waals surface area contributed by atoms with E-state index in [-0.39, 0.29) is 11.6 Å². The highest BCUT2D eigenvalue weighted by Crippen LogP contribution is 2.26. The average molecular weight is 329 g/mol. The fourth-order valence-electron chi connectivity index (χ4n) is 2.36. The van der Waals surface area contributed by atoms with Gasteiger partial charge in [0.25, 0.3) is 5.56 Å². The summed E-state index contributed by atoms with van der Waals surface area (Å²) in [5.74, 6) is 1.21. The molecule has 0 fully saturated rings. The molecule has 4 nitrogen and oxygen atoms in total. The lowest BCUT2D eigenvalue weighted by atomic mass is 10.2. The molecule has 1 aromatic heterocycles. The van der Waals surface area contributed by atoms with E-state index in [0.717, 1.165) is 6.42 Å². The number of halogens is 1. The van der Waals surface area contributed by atoms with Crippen molar-refractivity contribution in [1.82, 2.24) is 9.55 Å². The molecule has 1 heterocycles. The number of benzene rings is 2. The third kappa shape index (κ3) is 3.22. The zero-order chi connectivity index (χ0) is 16.4. The summed E-state index contributed by atoms with van der Waals surface area (Å²) in [5.41, 5.74) is 0.605. The molecule has 1 unspecified atom stereocenters. The first-order chi connectivity index (χ1) is 11.1. The lowest BCUT2D eigenvalue weighted by Crippen LogP contribution is -2.23. The highest BCUT2D eigenvalue weighted by atomic mass is 35.5. The topological polar surface area (TPSA) is 44.1 Å². The van der Waals surface area contributed by atoms with Gasteiger partial charge in [-0.3, -0.25) is 9.36 Å². The predicted molar refractivity (Wildman–Crippen MR) is 92.5 cm³/mol. The molecule has 2 aromatic carbocycles. The van der Waals surface area contributed by atoms with Crippen LogP contribution in [0.5, 0.6) is 11.5 Å². The van der Waals surface area contributed by atoms with Gasteiger partial charge in [0.2, 0.25) is 0 Å². The van der Waals surface area contributed by atoms with E-state index < -0.39 is 0 Å². The molecule has 3 aromatic rings. The van der Waals surface area contributed by atoms with Crippen LogP contribution in [-0.2, 0) is 0 Å². The Labute approximate surface area is 139 Å². The fourth-order valence-corrected chi connectivity index (χ4v) is 2.54. The summed E-state index contributed by atoms with van der Waals surface area (Å²) in [6.45, 7) is 4.04. The Balaban J connectivity index is 2.03. The van der Waals surface area contributed by atoms with Gasteiger partial charge in [-0.05, 0) is 49.7 Å². The summed E-state index contributed by atoms with van der Waals surface area (Å²) >= 11 is 5.96. The van der Waals surface area contributed by atoms with Gasteiger partial charge in [0.1, 0.15) is 11.5 Å². The van der Waals surface area contributed by atoms with Crippen LogP contribution in [0, 0.1) is 0 Å². The number of aromatic nitrogens is 2. The number of hydrogen-bond donors (Lipinski definition) is 0. The average Bonchev–Trinajstić information content (AvgIpc) is 2.55. The molecule has 0 aliphatic carbocycles. The quantitative estimate of drug-likeness (QED) is 0.690. The van der Waals surface area contributed by atoms with Crippen LogP contribution in [0.4, 0.5) is 0 Å². The lowest BCUT2D eigenvalue weighted by molar-refractivity contribution is 0.482. The second kappa shape index (κ2) is 6.42. The summed E-state index contributed by atoms with van der Waals surface area (Å²) in [5, 5.41) is 1.15. The summed E-state index contributed by atoms with van der Waals surface area (Å²) < 4.78 is 7.45. The van der Waals surface area contributed by atoms with E-state index in [0.29, 0.717) is 27.4 Å². The van der Waals surface area contributed by atoms with Crippen molar-refractivity contribution in [3.05, 3.63) is 64.2 Å². The van der Waals surface area contributed by atoms with E-state index in [9.17, 15) is 4.79 Å². The summed E-state index contributed by atoms with van der Waals surface area (Å²) in [4.78, 5) is 17.0. The minimum absolute atomic E-state index is 0.0547. The second-order valence-electron chi connectivity index (χ2n) is 5.45. The summed E-state index contributed by atoms with van der Waals surface area (Å²) in [6.07, 6.45) is 2.47. The molecular formula is C18H17ClN2O2. The minimum Gasteiger partial charge on any atom is -0.457 e. The molecule has 0 aliphatic rings. The van der Waals surface area contributed by atoms with Crippen molar-refractivity contribution in [3.63, 3.8) is 0 Å². The van der Waals surface area contributed by atoms with Crippen molar-refractivity contribution < 1.29 is 4.74 Å². The normalized spacial score (nSPS) is 12.3. The van der Waals surface area contributed by atoms with E-state index in [1.807, 2.05) is 26.0 Å². The molecule has 0 aliphatic heterocycles. The van der Waals surface area contributed by atoms with Crippen LogP contribution in [-0.4, -0.2) is 9.55 Å². The van der Waals surface area contributed by atoms with Crippen LogP contribution in [0.25, 0.3) is 10.9 Å². The first kappa shape index (κ1) is 15.6. The zero-order valence-corrected chi connectivity index (χ0v) is 13.7. The first-order valence-corrected chi connectivity index (χ1v) is 7.90. The standard InChI is InChI=1S/C18H17ClN2O2/c1-3-12(2)21-11-20-17-8-7-15(10-16(17)18(21)22)23-14-6-4-5-13(19)9-14/h4-12H,3H2,1-2H3. The molecule has 0 saturated carbocycles. The van der Waals surface area contributed by atoms with E-state index >= 15 is 0 Å². The van der Waals surface area contributed by atoms with Crippen molar-refractivity contribution in [3.8, 4) is 11.5 Å². The highest BCUT2D eigenvalue weighted by molar-refractivity contribution is 6.30. The second-order valence-corrected chi connectivity index (χ2v) is 5.89. The predicted octanol–water partition coefficient (Wildman–Crippen LogP) is 4.81. The Hall–Kier alpha value is -2.33. The summed E-state index contributed by atoms with van der Waals surface area (Å²) in [6, 6.07) is 12.6. The third-order valence-electron chi connectivity index (χ3n) is 3.85. The van der Waals surface area contributed by atoms with Gasteiger partial charge in [-0.15, -0.1) is 0 Å². The maximum Gasteiger partial charge on any atom is 0.261 e. The minimum atomic E-state index is -0.0547. The molecule has 118 valence electrons. The summed E-state index contributed by atoms with van der Waals surface area (Å²) in [7, 11) is 0. The molecular weight excluding hydrogens is 312 g/mol. The van der Waals surface area contributed by atoms with E-state index in [2.05, 4.69) is 4.98 Å². The van der Waals surface area contributed by atoms with Crippen molar-refractivity contribution in [2.75, 3.05) is 0 Å². The van der Waals surface area contributed by atoms with Gasteiger partial charge in [-0.2, -0.15) is 0 Å². The molecule has 3 rings (SSSR count). The Bertz CT molecular complexity index is 905. The maximum atomic E-state index is 12.6. The van der Waals surface area contributed by atoms with Gasteiger partial charge < -0.3 is 4.74 Å². The SMILES string of the molecule is CCC(C)n1cnc2ccc(Oc3cccc(Cl)c3)cc2c1=O. The Morgan fingerprint density at radius 3 is 2.74 bits per heavy atom. The monoisotopic (exact) mass is 328 g/mol. The number of nitrogens with zero attached hydrogens (tertiary/aromatic N) is 2. The molecule has 0 spiro atoms. The van der Waals surface area contributed by atoms with Crippen molar-refractivity contribution in [1.29, 1.82) is 0 Å². The Morgan fingerprint density at radius 1 is 1.22 bits per heavy atom. The van der Waals surface area contributed by atoms with E-state index in [1.165, 1.54) is 0 Å². The molecule has 0 amide bonds. The van der Waals surface area contributed by atoms with Crippen LogP contribution in [0.1, 0.15) is 26.3 Å². The van der Waals surface area contributed by atoms with Crippen molar-refractivity contribution in [2.45, 2.75) is 26.3 Å². The largest absolute Gasteiger partial charge is 0.457 e. The number of rotatable bonds is 4. The number of ether oxygens (including phenoxy) is 1. The van der Waals surface area contributed by atoms with Crippen molar-refractivity contribution >= 4 is 22.5 Å². The molecule has 23 heavy (non-hydrogen) atoms. The maximum absolute atomic E-state index is 12.6. The number of fused-ring (bicyclic) bond motifs is 1. The Morgan fingerprint density at radius 2 is 2.00 bits per heavy atom. The van der Waals surface area contributed by atoms with E-state index in [1.54, 1.807) is 41.2 Å². The van der Waals surface area contributed by atoms with Crippen molar-refractivity contribution in [2.24, 2.45) is 0 Å². The molecule has 0 bridgehead atoms. The van der Waals surface area contributed by atoms with E-state index in [4.69, 9.17) is 16.3 Å². The zero-order valence-electron chi connectivity index (χ0n) is 13.0. The first-order valence-electron chi connectivity index (χ1n) is 7.53. The highest BCUT2D eigenvalue weighted by Gasteiger charge is 2.10. The van der Waals surface area contributed by atoms with Gasteiger partial charge in [-0.1, -0.05) is 24.6 Å². The molecule has 5 heteroatoms. The smallest absolute Gasteiger partial charge is 0.261 e. The van der Waals surface area contributed by atoms with Crippen LogP contribution in [0.15, 0.2) is 53.6 Å².